The lowest BCUT2D eigenvalue weighted by atomic mass is 10.1. The van der Waals surface area contributed by atoms with Gasteiger partial charge in [0, 0.05) is 34.3 Å². The normalized spacial score (nSPS) is 17.9. The monoisotopic (exact) mass is 348 g/mol. The predicted octanol–water partition coefficient (Wildman–Crippen LogP) is 3.28. The third kappa shape index (κ3) is 2.97. The van der Waals surface area contributed by atoms with Crippen LogP contribution in [0.25, 0.3) is 10.1 Å². The fourth-order valence-corrected chi connectivity index (χ4v) is 4.71. The molecule has 1 aliphatic rings. The van der Waals surface area contributed by atoms with Crippen LogP contribution < -0.4 is 0 Å². The van der Waals surface area contributed by atoms with Gasteiger partial charge in [0.25, 0.3) is 5.91 Å². The molecule has 0 radical (unpaired) electrons. The van der Waals surface area contributed by atoms with Gasteiger partial charge in [-0.2, -0.15) is 0 Å². The smallest absolute Gasteiger partial charge is 0.256 e. The molecule has 0 spiro atoms. The van der Waals surface area contributed by atoms with Crippen molar-refractivity contribution in [2.24, 2.45) is 0 Å². The molecule has 0 aliphatic carbocycles. The van der Waals surface area contributed by atoms with Crippen LogP contribution in [-0.4, -0.2) is 52.4 Å². The Balaban J connectivity index is 1.88. The van der Waals surface area contributed by atoms with E-state index in [1.807, 2.05) is 43.5 Å². The van der Waals surface area contributed by atoms with Crippen molar-refractivity contribution in [1.29, 1.82) is 0 Å². The topological polar surface area (TPSA) is 40.6 Å². The molecule has 0 saturated carbocycles. The van der Waals surface area contributed by atoms with Crippen molar-refractivity contribution >= 4 is 45.0 Å². The lowest BCUT2D eigenvalue weighted by molar-refractivity contribution is -0.135. The van der Waals surface area contributed by atoms with E-state index in [0.717, 1.165) is 10.1 Å². The summed E-state index contributed by atoms with van der Waals surface area (Å²) in [6.45, 7) is 3.97. The van der Waals surface area contributed by atoms with Crippen molar-refractivity contribution in [3.05, 3.63) is 35.2 Å². The van der Waals surface area contributed by atoms with Gasteiger partial charge in [-0.25, -0.2) is 0 Å². The SMILES string of the molecule is CC(C)N(C)C(=O)[C@H]1CSCN1C(=O)c1csc2ccccc12. The molecule has 122 valence electrons. The highest BCUT2D eigenvalue weighted by molar-refractivity contribution is 7.99. The number of nitrogens with zero attached hydrogens (tertiary/aromatic N) is 2. The van der Waals surface area contributed by atoms with Gasteiger partial charge in [0.2, 0.25) is 5.91 Å². The second kappa shape index (κ2) is 6.53. The molecule has 0 N–H and O–H groups in total. The number of carbonyl (C=O) groups excluding carboxylic acids is 2. The number of likely N-dealkylation sites (N-methyl/N-ethyl adjacent to an activating group) is 1. The molecule has 1 fully saturated rings. The summed E-state index contributed by atoms with van der Waals surface area (Å²) >= 11 is 3.21. The maximum atomic E-state index is 13.0. The van der Waals surface area contributed by atoms with E-state index in [4.69, 9.17) is 0 Å². The van der Waals surface area contributed by atoms with E-state index in [0.29, 0.717) is 17.2 Å². The Kier molecular flexibility index (Phi) is 4.64. The highest BCUT2D eigenvalue weighted by Crippen LogP contribution is 2.30. The Morgan fingerprint density at radius 2 is 2.04 bits per heavy atom. The Hall–Kier alpha value is -1.53. The summed E-state index contributed by atoms with van der Waals surface area (Å²) in [5.41, 5.74) is 0.707. The lowest BCUT2D eigenvalue weighted by Crippen LogP contribution is -2.49. The fourth-order valence-electron chi connectivity index (χ4n) is 2.64. The van der Waals surface area contributed by atoms with Crippen molar-refractivity contribution in [2.45, 2.75) is 25.9 Å². The van der Waals surface area contributed by atoms with Gasteiger partial charge < -0.3 is 9.80 Å². The second-order valence-corrected chi connectivity index (χ2v) is 7.89. The highest BCUT2D eigenvalue weighted by Gasteiger charge is 2.37. The van der Waals surface area contributed by atoms with Crippen LogP contribution in [0.15, 0.2) is 29.6 Å². The number of amides is 2. The molecular formula is C17H20N2O2S2. The van der Waals surface area contributed by atoms with Crippen LogP contribution in [0, 0.1) is 0 Å². The van der Waals surface area contributed by atoms with Crippen molar-refractivity contribution in [2.75, 3.05) is 18.7 Å². The summed E-state index contributed by atoms with van der Waals surface area (Å²) in [6, 6.07) is 7.68. The predicted molar refractivity (Wildman–Crippen MR) is 97.0 cm³/mol. The first-order valence-electron chi connectivity index (χ1n) is 7.62. The van der Waals surface area contributed by atoms with Crippen LogP contribution >= 0.6 is 23.1 Å². The van der Waals surface area contributed by atoms with Crippen LogP contribution in [0.5, 0.6) is 0 Å². The number of rotatable bonds is 3. The Labute approximate surface area is 144 Å². The average molecular weight is 348 g/mol. The van der Waals surface area contributed by atoms with Crippen LogP contribution in [0.1, 0.15) is 24.2 Å². The molecule has 23 heavy (non-hydrogen) atoms. The molecule has 1 saturated heterocycles. The largest absolute Gasteiger partial charge is 0.342 e. The number of thiophene rings is 1. The average Bonchev–Trinajstić information content (AvgIpc) is 3.19. The van der Waals surface area contributed by atoms with Gasteiger partial charge >= 0.3 is 0 Å². The molecule has 2 heterocycles. The van der Waals surface area contributed by atoms with Gasteiger partial charge in [-0.15, -0.1) is 23.1 Å². The summed E-state index contributed by atoms with van der Waals surface area (Å²) in [4.78, 5) is 29.1. The maximum Gasteiger partial charge on any atom is 0.256 e. The molecule has 2 aromatic rings. The van der Waals surface area contributed by atoms with Gasteiger partial charge in [0.05, 0.1) is 11.4 Å². The van der Waals surface area contributed by atoms with Crippen LogP contribution in [0.2, 0.25) is 0 Å². The molecule has 1 aromatic heterocycles. The molecular weight excluding hydrogens is 328 g/mol. The number of benzene rings is 1. The second-order valence-electron chi connectivity index (χ2n) is 5.98. The number of fused-ring (bicyclic) bond motifs is 1. The summed E-state index contributed by atoms with van der Waals surface area (Å²) in [5, 5.41) is 2.88. The van der Waals surface area contributed by atoms with Crippen molar-refractivity contribution < 1.29 is 9.59 Å². The standard InChI is InChI=1S/C17H20N2O2S2/c1-11(2)18(3)17(21)14-9-22-10-19(14)16(20)13-8-23-15-7-5-4-6-12(13)15/h4-8,11,14H,9-10H2,1-3H3/t14-/m1/s1. The minimum absolute atomic E-state index is 0.0258. The Bertz CT molecular complexity index is 741. The molecule has 1 aliphatic heterocycles. The summed E-state index contributed by atoms with van der Waals surface area (Å²) in [5.74, 6) is 1.23. The van der Waals surface area contributed by atoms with E-state index in [1.165, 1.54) is 0 Å². The molecule has 1 aromatic carbocycles. The summed E-state index contributed by atoms with van der Waals surface area (Å²) < 4.78 is 1.10. The van der Waals surface area contributed by atoms with Crippen molar-refractivity contribution in [3.63, 3.8) is 0 Å². The van der Waals surface area contributed by atoms with Gasteiger partial charge in [-0.05, 0) is 19.9 Å². The molecule has 0 unspecified atom stereocenters. The zero-order chi connectivity index (χ0) is 16.6. The quantitative estimate of drug-likeness (QED) is 0.855. The van der Waals surface area contributed by atoms with Crippen LogP contribution in [-0.2, 0) is 4.79 Å². The molecule has 2 amide bonds. The number of hydrogen-bond acceptors (Lipinski definition) is 4. The van der Waals surface area contributed by atoms with Gasteiger partial charge in [0.1, 0.15) is 6.04 Å². The molecule has 4 nitrogen and oxygen atoms in total. The van der Waals surface area contributed by atoms with Gasteiger partial charge in [0.15, 0.2) is 0 Å². The van der Waals surface area contributed by atoms with E-state index in [2.05, 4.69) is 0 Å². The fraction of sp³-hybridized carbons (Fsp3) is 0.412. The van der Waals surface area contributed by atoms with Crippen LogP contribution in [0.4, 0.5) is 0 Å². The van der Waals surface area contributed by atoms with Crippen molar-refractivity contribution in [1.82, 2.24) is 9.80 Å². The highest BCUT2D eigenvalue weighted by atomic mass is 32.2. The molecule has 0 bridgehead atoms. The third-order valence-electron chi connectivity index (χ3n) is 4.26. The summed E-state index contributed by atoms with van der Waals surface area (Å²) in [7, 11) is 1.80. The first-order chi connectivity index (χ1) is 11.0. The van der Waals surface area contributed by atoms with Gasteiger partial charge in [-0.3, -0.25) is 9.59 Å². The van der Waals surface area contributed by atoms with Crippen molar-refractivity contribution in [3.8, 4) is 0 Å². The van der Waals surface area contributed by atoms with Crippen LogP contribution in [0.3, 0.4) is 0 Å². The number of hydrogen-bond donors (Lipinski definition) is 0. The van der Waals surface area contributed by atoms with E-state index in [-0.39, 0.29) is 23.9 Å². The number of carbonyl (C=O) groups is 2. The molecule has 3 rings (SSSR count). The lowest BCUT2D eigenvalue weighted by Gasteiger charge is -2.29. The Morgan fingerprint density at radius 1 is 1.30 bits per heavy atom. The minimum atomic E-state index is -0.362. The third-order valence-corrected chi connectivity index (χ3v) is 6.24. The number of thioether (sulfide) groups is 1. The minimum Gasteiger partial charge on any atom is -0.342 e. The maximum absolute atomic E-state index is 13.0. The zero-order valence-corrected chi connectivity index (χ0v) is 15.1. The van der Waals surface area contributed by atoms with E-state index in [9.17, 15) is 9.59 Å². The Morgan fingerprint density at radius 3 is 2.78 bits per heavy atom. The van der Waals surface area contributed by atoms with E-state index >= 15 is 0 Å². The zero-order valence-electron chi connectivity index (χ0n) is 13.5. The summed E-state index contributed by atoms with van der Waals surface area (Å²) in [6.07, 6.45) is 0. The van der Waals surface area contributed by atoms with E-state index in [1.54, 1.807) is 39.9 Å². The van der Waals surface area contributed by atoms with E-state index < -0.39 is 0 Å². The molecule has 1 atom stereocenters. The first-order valence-corrected chi connectivity index (χ1v) is 9.65. The van der Waals surface area contributed by atoms with Gasteiger partial charge in [-0.1, -0.05) is 18.2 Å². The molecule has 6 heteroatoms. The first kappa shape index (κ1) is 16.3.